The summed E-state index contributed by atoms with van der Waals surface area (Å²) in [7, 11) is 3.16. The van der Waals surface area contributed by atoms with Crippen molar-refractivity contribution in [3.63, 3.8) is 0 Å². The molecule has 7 nitrogen and oxygen atoms in total. The molecule has 35 heavy (non-hydrogen) atoms. The molecule has 0 aliphatic heterocycles. The predicted molar refractivity (Wildman–Crippen MR) is 139 cm³/mol. The fraction of sp³-hybridized carbons (Fsp3) is 0.0741. The van der Waals surface area contributed by atoms with Gasteiger partial charge in [-0.2, -0.15) is 4.98 Å². The van der Waals surface area contributed by atoms with Gasteiger partial charge in [0.05, 0.1) is 19.9 Å². The molecule has 0 atom stereocenters. The highest BCUT2D eigenvalue weighted by Crippen LogP contribution is 2.30. The summed E-state index contributed by atoms with van der Waals surface area (Å²) >= 11 is 1.47. The lowest BCUT2D eigenvalue weighted by Crippen LogP contribution is -2.15. The summed E-state index contributed by atoms with van der Waals surface area (Å²) in [6.07, 6.45) is 1.81. The van der Waals surface area contributed by atoms with Gasteiger partial charge in [0.1, 0.15) is 0 Å². The second kappa shape index (κ2) is 9.82. The highest BCUT2D eigenvalue weighted by molar-refractivity contribution is 7.15. The molecule has 0 radical (unpaired) electrons. The Labute approximate surface area is 206 Å². The number of benzene rings is 3. The number of thiazole rings is 1. The predicted octanol–water partition coefficient (Wildman–Crippen LogP) is 5.65. The van der Waals surface area contributed by atoms with E-state index in [1.807, 2.05) is 78.2 Å². The Morgan fingerprint density at radius 1 is 0.943 bits per heavy atom. The van der Waals surface area contributed by atoms with Gasteiger partial charge in [0.15, 0.2) is 11.5 Å². The Morgan fingerprint density at radius 2 is 1.66 bits per heavy atom. The Morgan fingerprint density at radius 3 is 2.37 bits per heavy atom. The van der Waals surface area contributed by atoms with Gasteiger partial charge in [0, 0.05) is 16.5 Å². The normalized spacial score (nSPS) is 11.4. The number of rotatable bonds is 7. The van der Waals surface area contributed by atoms with Crippen LogP contribution in [0.3, 0.4) is 0 Å². The highest BCUT2D eigenvalue weighted by Gasteiger charge is 2.17. The quantitative estimate of drug-likeness (QED) is 0.239. The summed E-state index contributed by atoms with van der Waals surface area (Å²) in [5.41, 5.74) is 3.98. The minimum Gasteiger partial charge on any atom is -0.493 e. The lowest BCUT2D eigenvalue weighted by atomic mass is 10.0. The van der Waals surface area contributed by atoms with Crippen molar-refractivity contribution in [2.45, 2.75) is 0 Å². The molecular formula is C27H22N4O3S. The lowest BCUT2D eigenvalue weighted by molar-refractivity contribution is -0.111. The maximum atomic E-state index is 13.4. The molecule has 2 heterocycles. The minimum atomic E-state index is -0.314. The van der Waals surface area contributed by atoms with E-state index in [0.717, 1.165) is 22.4 Å². The Kier molecular flexibility index (Phi) is 6.28. The highest BCUT2D eigenvalue weighted by atomic mass is 32.1. The largest absolute Gasteiger partial charge is 0.493 e. The maximum Gasteiger partial charge on any atom is 0.258 e. The van der Waals surface area contributed by atoms with Crippen molar-refractivity contribution < 1.29 is 14.3 Å². The van der Waals surface area contributed by atoms with E-state index in [1.165, 1.54) is 11.3 Å². The number of ether oxygens (including phenoxy) is 2. The van der Waals surface area contributed by atoms with Crippen molar-refractivity contribution in [3.8, 4) is 22.8 Å². The summed E-state index contributed by atoms with van der Waals surface area (Å²) in [6.45, 7) is 0. The maximum absolute atomic E-state index is 13.4. The average molecular weight is 483 g/mol. The molecule has 5 rings (SSSR count). The molecule has 0 spiro atoms. The van der Waals surface area contributed by atoms with Gasteiger partial charge in [-0.15, -0.1) is 16.4 Å². The van der Waals surface area contributed by atoms with Gasteiger partial charge in [0.2, 0.25) is 4.96 Å². The third kappa shape index (κ3) is 4.64. The van der Waals surface area contributed by atoms with Crippen molar-refractivity contribution in [3.05, 3.63) is 95.4 Å². The van der Waals surface area contributed by atoms with Gasteiger partial charge in [-0.25, -0.2) is 4.52 Å². The SMILES string of the molecule is COc1ccc(/C=C(/C(=O)Nc2nc3scc(-c4ccccc4)n3n2)c2ccccc2)cc1OC. The van der Waals surface area contributed by atoms with Crippen LogP contribution in [0.1, 0.15) is 11.1 Å². The van der Waals surface area contributed by atoms with Crippen LogP contribution in [-0.2, 0) is 4.79 Å². The van der Waals surface area contributed by atoms with Crippen molar-refractivity contribution >= 4 is 39.8 Å². The van der Waals surface area contributed by atoms with Crippen LogP contribution in [0.5, 0.6) is 11.5 Å². The third-order valence-corrected chi connectivity index (χ3v) is 6.24. The molecule has 8 heteroatoms. The van der Waals surface area contributed by atoms with Gasteiger partial charge in [-0.1, -0.05) is 66.7 Å². The lowest BCUT2D eigenvalue weighted by Gasteiger charge is -2.10. The second-order valence-corrected chi connectivity index (χ2v) is 8.45. The van der Waals surface area contributed by atoms with Crippen LogP contribution in [-0.4, -0.2) is 34.7 Å². The van der Waals surface area contributed by atoms with Gasteiger partial charge in [0.25, 0.3) is 11.9 Å². The molecular weight excluding hydrogens is 460 g/mol. The average Bonchev–Trinajstić information content (AvgIpc) is 3.48. The first kappa shape index (κ1) is 22.4. The molecule has 1 N–H and O–H groups in total. The first-order valence-electron chi connectivity index (χ1n) is 10.9. The number of aromatic nitrogens is 3. The van der Waals surface area contributed by atoms with Crippen LogP contribution in [0.2, 0.25) is 0 Å². The third-order valence-electron chi connectivity index (χ3n) is 5.42. The number of nitrogens with zero attached hydrogens (tertiary/aromatic N) is 3. The van der Waals surface area contributed by atoms with Gasteiger partial charge in [-0.05, 0) is 29.3 Å². The van der Waals surface area contributed by atoms with E-state index in [4.69, 9.17) is 9.47 Å². The van der Waals surface area contributed by atoms with Crippen LogP contribution in [0.25, 0.3) is 27.9 Å². The van der Waals surface area contributed by atoms with Crippen LogP contribution >= 0.6 is 11.3 Å². The number of hydrogen-bond acceptors (Lipinski definition) is 6. The fourth-order valence-corrected chi connectivity index (χ4v) is 4.55. The Hall–Kier alpha value is -4.43. The zero-order chi connectivity index (χ0) is 24.2. The Bertz CT molecular complexity index is 1510. The van der Waals surface area contributed by atoms with Gasteiger partial charge in [-0.3, -0.25) is 10.1 Å². The number of amides is 1. The number of anilines is 1. The first-order valence-corrected chi connectivity index (χ1v) is 11.7. The van der Waals surface area contributed by atoms with E-state index in [-0.39, 0.29) is 11.9 Å². The summed E-state index contributed by atoms with van der Waals surface area (Å²) < 4.78 is 12.5. The molecule has 0 aliphatic carbocycles. The second-order valence-electron chi connectivity index (χ2n) is 7.61. The van der Waals surface area contributed by atoms with E-state index in [0.29, 0.717) is 22.0 Å². The molecule has 2 aromatic heterocycles. The summed E-state index contributed by atoms with van der Waals surface area (Å²) in [4.78, 5) is 18.6. The molecule has 5 aromatic rings. The number of fused-ring (bicyclic) bond motifs is 1. The minimum absolute atomic E-state index is 0.244. The van der Waals surface area contributed by atoms with Gasteiger partial charge < -0.3 is 9.47 Å². The summed E-state index contributed by atoms with van der Waals surface area (Å²) in [5, 5.41) is 9.41. The van der Waals surface area contributed by atoms with Gasteiger partial charge >= 0.3 is 0 Å². The smallest absolute Gasteiger partial charge is 0.258 e. The molecule has 174 valence electrons. The zero-order valence-corrected chi connectivity index (χ0v) is 20.0. The van der Waals surface area contributed by atoms with Crippen molar-refractivity contribution in [2.24, 2.45) is 0 Å². The van der Waals surface area contributed by atoms with E-state index in [9.17, 15) is 4.79 Å². The zero-order valence-electron chi connectivity index (χ0n) is 19.1. The molecule has 0 unspecified atom stereocenters. The topological polar surface area (TPSA) is 77.8 Å². The summed E-state index contributed by atoms with van der Waals surface area (Å²) in [6, 6.07) is 24.9. The monoisotopic (exact) mass is 482 g/mol. The van der Waals surface area contributed by atoms with Crippen LogP contribution in [0.4, 0.5) is 5.95 Å². The summed E-state index contributed by atoms with van der Waals surface area (Å²) in [5.74, 6) is 1.13. The standard InChI is InChI=1S/C27H22N4O3S/c1-33-23-14-13-18(16-24(23)34-2)15-21(19-9-5-3-6-10-19)25(32)28-26-29-27-31(30-26)22(17-35-27)20-11-7-4-8-12-20/h3-17H,1-2H3,(H,28,30,32)/b21-15+. The van der Waals surface area contributed by atoms with Crippen molar-refractivity contribution in [2.75, 3.05) is 19.5 Å². The van der Waals surface area contributed by atoms with Crippen molar-refractivity contribution in [1.82, 2.24) is 14.6 Å². The number of carbonyl (C=O) groups is 1. The fourth-order valence-electron chi connectivity index (χ4n) is 3.72. The molecule has 3 aromatic carbocycles. The van der Waals surface area contributed by atoms with E-state index in [1.54, 1.807) is 30.9 Å². The number of hydrogen-bond donors (Lipinski definition) is 1. The van der Waals surface area contributed by atoms with Crippen LogP contribution in [0.15, 0.2) is 84.2 Å². The van der Waals surface area contributed by atoms with Crippen molar-refractivity contribution in [1.29, 1.82) is 0 Å². The van der Waals surface area contributed by atoms with E-state index >= 15 is 0 Å². The molecule has 0 aliphatic rings. The van der Waals surface area contributed by atoms with Crippen LogP contribution in [0, 0.1) is 0 Å². The molecule has 0 fully saturated rings. The number of nitrogens with one attached hydrogen (secondary N) is 1. The first-order chi connectivity index (χ1) is 17.2. The number of methoxy groups -OCH3 is 2. The molecule has 0 saturated heterocycles. The molecule has 0 saturated carbocycles. The molecule has 0 bridgehead atoms. The Balaban J connectivity index is 1.49. The van der Waals surface area contributed by atoms with E-state index in [2.05, 4.69) is 15.4 Å². The number of carbonyl (C=O) groups excluding carboxylic acids is 1. The van der Waals surface area contributed by atoms with E-state index < -0.39 is 0 Å². The van der Waals surface area contributed by atoms with Crippen LogP contribution < -0.4 is 14.8 Å². The molecule has 1 amide bonds.